The lowest BCUT2D eigenvalue weighted by Crippen LogP contribution is -2.30. The molecule has 0 aliphatic rings. The SMILES string of the molecule is CC/C=C\C/C=C\C/C=C\C/C=C\C/C=C\C/C=C\CCCCCCCCC(=O)OCC(COC(=O)CCCCCCC/C=C\C/C=C\CCCCC)OC(=O)CCCCCCC/C=C\C/C=C\C/C=C\C/C=C\C/C=C\CC. The van der Waals surface area contributed by atoms with Crippen LogP contribution in [0.15, 0.2) is 158 Å². The molecule has 0 aromatic carbocycles. The van der Waals surface area contributed by atoms with Gasteiger partial charge in [0.25, 0.3) is 0 Å². The molecule has 0 aliphatic heterocycles. The summed E-state index contributed by atoms with van der Waals surface area (Å²) in [7, 11) is 0. The van der Waals surface area contributed by atoms with Gasteiger partial charge in [-0.3, -0.25) is 14.4 Å². The van der Waals surface area contributed by atoms with E-state index in [1.165, 1.54) is 38.5 Å². The van der Waals surface area contributed by atoms with Gasteiger partial charge in [0, 0.05) is 19.3 Å². The van der Waals surface area contributed by atoms with E-state index in [4.69, 9.17) is 14.2 Å². The first kappa shape index (κ1) is 74.0. The average Bonchev–Trinajstić information content (AvgIpc) is 3.45. The van der Waals surface area contributed by atoms with E-state index in [0.717, 1.165) is 186 Å². The number of hydrogen-bond donors (Lipinski definition) is 0. The summed E-state index contributed by atoms with van der Waals surface area (Å²) in [5, 5.41) is 0. The Labute approximate surface area is 486 Å². The summed E-state index contributed by atoms with van der Waals surface area (Å²) in [6.45, 7) is 6.34. The highest BCUT2D eigenvalue weighted by molar-refractivity contribution is 5.71. The van der Waals surface area contributed by atoms with Gasteiger partial charge in [0.15, 0.2) is 6.10 Å². The van der Waals surface area contributed by atoms with Crippen LogP contribution in [0.1, 0.15) is 265 Å². The predicted octanol–water partition coefficient (Wildman–Crippen LogP) is 22.1. The third-order valence-electron chi connectivity index (χ3n) is 13.0. The number of ether oxygens (including phenoxy) is 3. The number of esters is 3. The minimum atomic E-state index is -0.811. The Morgan fingerprint density at radius 1 is 0.266 bits per heavy atom. The number of unbranched alkanes of at least 4 members (excludes halogenated alkanes) is 19. The van der Waals surface area contributed by atoms with Crippen molar-refractivity contribution in [1.29, 1.82) is 0 Å². The highest BCUT2D eigenvalue weighted by atomic mass is 16.6. The molecular weight excluding hydrogens is 973 g/mol. The third kappa shape index (κ3) is 63.7. The summed E-state index contributed by atoms with van der Waals surface area (Å²) < 4.78 is 16.9. The molecule has 0 spiro atoms. The van der Waals surface area contributed by atoms with Gasteiger partial charge in [-0.2, -0.15) is 0 Å². The van der Waals surface area contributed by atoms with Gasteiger partial charge >= 0.3 is 17.9 Å². The zero-order valence-corrected chi connectivity index (χ0v) is 50.8. The first-order chi connectivity index (χ1) is 39.0. The van der Waals surface area contributed by atoms with Crippen molar-refractivity contribution < 1.29 is 28.6 Å². The summed E-state index contributed by atoms with van der Waals surface area (Å²) in [5.41, 5.74) is 0. The van der Waals surface area contributed by atoms with E-state index in [1.807, 2.05) is 0 Å². The zero-order chi connectivity index (χ0) is 57.1. The molecule has 0 aromatic rings. The molecule has 0 bridgehead atoms. The van der Waals surface area contributed by atoms with Crippen LogP contribution in [0.3, 0.4) is 0 Å². The molecule has 6 nitrogen and oxygen atoms in total. The first-order valence-electron chi connectivity index (χ1n) is 32.0. The second-order valence-electron chi connectivity index (χ2n) is 20.5. The van der Waals surface area contributed by atoms with Gasteiger partial charge in [-0.05, 0) is 148 Å². The van der Waals surface area contributed by atoms with Crippen molar-refractivity contribution in [2.24, 2.45) is 0 Å². The van der Waals surface area contributed by atoms with Crippen molar-refractivity contribution in [3.63, 3.8) is 0 Å². The van der Waals surface area contributed by atoms with E-state index in [1.54, 1.807) is 0 Å². The highest BCUT2D eigenvalue weighted by Crippen LogP contribution is 2.14. The number of carbonyl (C=O) groups excluding carboxylic acids is 3. The Bertz CT molecular complexity index is 1780. The maximum atomic E-state index is 12.9. The zero-order valence-electron chi connectivity index (χ0n) is 50.8. The molecule has 0 radical (unpaired) electrons. The minimum Gasteiger partial charge on any atom is -0.462 e. The van der Waals surface area contributed by atoms with E-state index in [2.05, 4.69) is 179 Å². The van der Waals surface area contributed by atoms with Crippen LogP contribution in [0.5, 0.6) is 0 Å². The quantitative estimate of drug-likeness (QED) is 0.0261. The summed E-state index contributed by atoms with van der Waals surface area (Å²) in [6, 6.07) is 0. The molecular formula is C73H116O6. The number of rotatable bonds is 56. The van der Waals surface area contributed by atoms with Gasteiger partial charge in [0.2, 0.25) is 0 Å². The normalized spacial score (nSPS) is 13.2. The Morgan fingerprint density at radius 3 is 0.772 bits per heavy atom. The molecule has 0 aromatic heterocycles. The lowest BCUT2D eigenvalue weighted by molar-refractivity contribution is -0.167. The monoisotopic (exact) mass is 1090 g/mol. The van der Waals surface area contributed by atoms with Crippen LogP contribution >= 0.6 is 0 Å². The van der Waals surface area contributed by atoms with Crippen LogP contribution in [-0.4, -0.2) is 37.2 Å². The van der Waals surface area contributed by atoms with Crippen molar-refractivity contribution in [2.45, 2.75) is 271 Å². The molecule has 0 aliphatic carbocycles. The minimum absolute atomic E-state index is 0.105. The fourth-order valence-corrected chi connectivity index (χ4v) is 8.27. The smallest absolute Gasteiger partial charge is 0.306 e. The Kier molecular flexibility index (Phi) is 61.4. The van der Waals surface area contributed by atoms with Crippen LogP contribution in [0.2, 0.25) is 0 Å². The highest BCUT2D eigenvalue weighted by Gasteiger charge is 2.19. The van der Waals surface area contributed by atoms with E-state index < -0.39 is 6.10 Å². The lowest BCUT2D eigenvalue weighted by atomic mass is 10.1. The lowest BCUT2D eigenvalue weighted by Gasteiger charge is -2.18. The number of allylic oxidation sites excluding steroid dienone is 26. The van der Waals surface area contributed by atoms with Crippen molar-refractivity contribution >= 4 is 17.9 Å². The topological polar surface area (TPSA) is 78.9 Å². The molecule has 1 unspecified atom stereocenters. The van der Waals surface area contributed by atoms with E-state index in [9.17, 15) is 14.4 Å². The molecule has 0 rings (SSSR count). The summed E-state index contributed by atoms with van der Waals surface area (Å²) in [5.74, 6) is -0.954. The molecule has 0 N–H and O–H groups in total. The number of hydrogen-bond acceptors (Lipinski definition) is 6. The molecule has 79 heavy (non-hydrogen) atoms. The van der Waals surface area contributed by atoms with Gasteiger partial charge in [0.05, 0.1) is 0 Å². The van der Waals surface area contributed by atoms with Gasteiger partial charge in [0.1, 0.15) is 13.2 Å². The molecule has 0 saturated heterocycles. The second kappa shape index (κ2) is 65.5. The Hall–Kier alpha value is -4.97. The largest absolute Gasteiger partial charge is 0.462 e. The van der Waals surface area contributed by atoms with Crippen LogP contribution < -0.4 is 0 Å². The van der Waals surface area contributed by atoms with Gasteiger partial charge in [-0.25, -0.2) is 0 Å². The third-order valence-corrected chi connectivity index (χ3v) is 13.0. The van der Waals surface area contributed by atoms with Crippen molar-refractivity contribution in [3.8, 4) is 0 Å². The van der Waals surface area contributed by atoms with Crippen molar-refractivity contribution in [2.75, 3.05) is 13.2 Å². The summed E-state index contributed by atoms with van der Waals surface area (Å²) >= 11 is 0. The van der Waals surface area contributed by atoms with E-state index in [-0.39, 0.29) is 31.1 Å². The predicted molar refractivity (Wildman–Crippen MR) is 343 cm³/mol. The molecule has 0 amide bonds. The van der Waals surface area contributed by atoms with Crippen molar-refractivity contribution in [3.05, 3.63) is 158 Å². The summed E-state index contributed by atoms with van der Waals surface area (Å²) in [4.78, 5) is 38.4. The Balaban J connectivity index is 4.49. The molecule has 1 atom stereocenters. The van der Waals surface area contributed by atoms with E-state index in [0.29, 0.717) is 19.3 Å². The molecule has 0 heterocycles. The Morgan fingerprint density at radius 2 is 0.494 bits per heavy atom. The average molecular weight is 1090 g/mol. The maximum Gasteiger partial charge on any atom is 0.306 e. The standard InChI is InChI=1S/C73H116O6/c1-4-7-10-13-16-19-22-25-28-30-32-34-35-36-37-39-40-42-45-48-51-54-57-60-63-66-72(75)78-69-70(68-77-71(74)65-62-59-56-53-50-47-44-27-24-21-18-15-12-9-6-3)79-73(76)67-64-61-58-55-52-49-46-43-41-38-33-31-29-26-23-20-17-14-11-8-5-2/h7-8,10-11,16-21,25-29,32-34,36-38,40,42-44,46,70H,4-6,9,12-15,22-24,30-31,35,39,41,45,47-69H2,1-3H3/b10-7-,11-8-,19-16-,20-17-,21-18-,28-25-,29-26-,34-32-,37-36-,38-33-,42-40-,44-27-,46-43-. The van der Waals surface area contributed by atoms with Gasteiger partial charge in [-0.1, -0.05) is 256 Å². The molecule has 0 saturated carbocycles. The van der Waals surface area contributed by atoms with Crippen LogP contribution in [0.4, 0.5) is 0 Å². The van der Waals surface area contributed by atoms with Gasteiger partial charge in [-0.15, -0.1) is 0 Å². The van der Waals surface area contributed by atoms with Gasteiger partial charge < -0.3 is 14.2 Å². The summed E-state index contributed by atoms with van der Waals surface area (Å²) in [6.07, 6.45) is 95.2. The fraction of sp³-hybridized carbons (Fsp3) is 0.603. The second-order valence-corrected chi connectivity index (χ2v) is 20.5. The number of carbonyl (C=O) groups is 3. The van der Waals surface area contributed by atoms with Crippen molar-refractivity contribution in [1.82, 2.24) is 0 Å². The first-order valence-corrected chi connectivity index (χ1v) is 32.0. The molecule has 0 fully saturated rings. The fourth-order valence-electron chi connectivity index (χ4n) is 8.27. The molecule has 444 valence electrons. The van der Waals surface area contributed by atoms with Crippen LogP contribution in [-0.2, 0) is 28.6 Å². The molecule has 6 heteroatoms. The van der Waals surface area contributed by atoms with Crippen LogP contribution in [0.25, 0.3) is 0 Å². The maximum absolute atomic E-state index is 12.9. The van der Waals surface area contributed by atoms with E-state index >= 15 is 0 Å². The van der Waals surface area contributed by atoms with Crippen LogP contribution in [0, 0.1) is 0 Å².